The molecule has 1 amide bonds. The first-order chi connectivity index (χ1) is 10.3. The van der Waals surface area contributed by atoms with Crippen molar-refractivity contribution in [1.29, 1.82) is 0 Å². The fraction of sp³-hybridized carbons (Fsp3) is 0.562. The minimum absolute atomic E-state index is 0.0400. The molecule has 1 heterocycles. The van der Waals surface area contributed by atoms with Crippen LogP contribution in [-0.2, 0) is 9.53 Å². The zero-order valence-electron chi connectivity index (χ0n) is 12.6. The molecule has 0 bridgehead atoms. The number of hydrogen-bond donors (Lipinski definition) is 2. The first-order valence-electron chi connectivity index (χ1n) is 7.55. The number of thioether (sulfide) groups is 1. The standard InChI is InChI=1S/C16H24N2O2S/c1-20-11-4-12-21-14-8-6-13(7-9-14)18-16(19)15-5-2-3-10-17-15/h6-9,15,17H,2-5,10-12H2,1H3,(H,18,19). The molecule has 21 heavy (non-hydrogen) atoms. The molecule has 2 rings (SSSR count). The average Bonchev–Trinajstić information content (AvgIpc) is 2.54. The molecule has 116 valence electrons. The van der Waals surface area contributed by atoms with Gasteiger partial charge in [-0.3, -0.25) is 4.79 Å². The van der Waals surface area contributed by atoms with Gasteiger partial charge in [-0.05, 0) is 50.1 Å². The SMILES string of the molecule is COCCCSc1ccc(NC(=O)C2CCCCN2)cc1. The lowest BCUT2D eigenvalue weighted by Gasteiger charge is -2.22. The first-order valence-corrected chi connectivity index (χ1v) is 8.54. The lowest BCUT2D eigenvalue weighted by atomic mass is 10.0. The third kappa shape index (κ3) is 5.69. The Labute approximate surface area is 131 Å². The Morgan fingerprint density at radius 1 is 1.38 bits per heavy atom. The van der Waals surface area contributed by atoms with Crippen LogP contribution in [-0.4, -0.2) is 38.0 Å². The lowest BCUT2D eigenvalue weighted by Crippen LogP contribution is -2.43. The molecule has 1 unspecified atom stereocenters. The summed E-state index contributed by atoms with van der Waals surface area (Å²) in [6.45, 7) is 1.74. The van der Waals surface area contributed by atoms with Gasteiger partial charge in [0.15, 0.2) is 0 Å². The molecular formula is C16H24N2O2S. The third-order valence-electron chi connectivity index (χ3n) is 3.51. The van der Waals surface area contributed by atoms with Gasteiger partial charge in [-0.2, -0.15) is 0 Å². The van der Waals surface area contributed by atoms with Crippen LogP contribution in [0.3, 0.4) is 0 Å². The molecular weight excluding hydrogens is 284 g/mol. The molecule has 5 heteroatoms. The van der Waals surface area contributed by atoms with Crippen molar-refractivity contribution in [2.24, 2.45) is 0 Å². The Balaban J connectivity index is 1.77. The van der Waals surface area contributed by atoms with Crippen LogP contribution in [0.2, 0.25) is 0 Å². The second-order valence-corrected chi connectivity index (χ2v) is 6.38. The molecule has 2 N–H and O–H groups in total. The summed E-state index contributed by atoms with van der Waals surface area (Å²) >= 11 is 1.81. The number of carbonyl (C=O) groups is 1. The first kappa shape index (κ1) is 16.3. The van der Waals surface area contributed by atoms with Gasteiger partial charge in [-0.25, -0.2) is 0 Å². The number of methoxy groups -OCH3 is 1. The Kier molecular flexibility index (Phi) is 7.06. The number of amides is 1. The summed E-state index contributed by atoms with van der Waals surface area (Å²) in [5.41, 5.74) is 0.869. The van der Waals surface area contributed by atoms with E-state index in [-0.39, 0.29) is 11.9 Å². The molecule has 4 nitrogen and oxygen atoms in total. The smallest absolute Gasteiger partial charge is 0.241 e. The summed E-state index contributed by atoms with van der Waals surface area (Å²) in [4.78, 5) is 13.3. The fourth-order valence-electron chi connectivity index (χ4n) is 2.33. The Bertz CT molecular complexity index is 430. The second-order valence-electron chi connectivity index (χ2n) is 5.21. The summed E-state index contributed by atoms with van der Waals surface area (Å²) in [6.07, 6.45) is 4.27. The Morgan fingerprint density at radius 3 is 2.86 bits per heavy atom. The van der Waals surface area contributed by atoms with Gasteiger partial charge in [0.05, 0.1) is 6.04 Å². The summed E-state index contributed by atoms with van der Waals surface area (Å²) in [5.74, 6) is 1.13. The largest absolute Gasteiger partial charge is 0.385 e. The molecule has 1 aromatic rings. The second kappa shape index (κ2) is 9.07. The highest BCUT2D eigenvalue weighted by atomic mass is 32.2. The summed E-state index contributed by atoms with van der Waals surface area (Å²) < 4.78 is 5.03. The van der Waals surface area contributed by atoms with Crippen LogP contribution in [0.15, 0.2) is 29.2 Å². The van der Waals surface area contributed by atoms with Crippen molar-refractivity contribution in [3.8, 4) is 0 Å². The van der Waals surface area contributed by atoms with Gasteiger partial charge in [0.2, 0.25) is 5.91 Å². The van der Waals surface area contributed by atoms with Crippen LogP contribution in [0.25, 0.3) is 0 Å². The predicted octanol–water partition coefficient (Wildman–Crippen LogP) is 2.90. The van der Waals surface area contributed by atoms with Crippen molar-refractivity contribution < 1.29 is 9.53 Å². The van der Waals surface area contributed by atoms with Crippen molar-refractivity contribution in [1.82, 2.24) is 5.32 Å². The number of nitrogens with one attached hydrogen (secondary N) is 2. The molecule has 1 saturated heterocycles. The summed E-state index contributed by atoms with van der Waals surface area (Å²) in [5, 5.41) is 6.25. The van der Waals surface area contributed by atoms with E-state index in [9.17, 15) is 4.79 Å². The van der Waals surface area contributed by atoms with Crippen molar-refractivity contribution in [2.75, 3.05) is 31.3 Å². The van der Waals surface area contributed by atoms with Crippen molar-refractivity contribution in [2.45, 2.75) is 36.6 Å². The molecule has 0 spiro atoms. The average molecular weight is 308 g/mol. The van der Waals surface area contributed by atoms with E-state index in [1.807, 2.05) is 23.9 Å². The van der Waals surface area contributed by atoms with Crippen LogP contribution in [0.1, 0.15) is 25.7 Å². The van der Waals surface area contributed by atoms with Gasteiger partial charge in [0.25, 0.3) is 0 Å². The molecule has 1 aliphatic heterocycles. The number of hydrogen-bond acceptors (Lipinski definition) is 4. The van der Waals surface area contributed by atoms with Crippen molar-refractivity contribution >= 4 is 23.4 Å². The normalized spacial score (nSPS) is 18.4. The maximum Gasteiger partial charge on any atom is 0.241 e. The van der Waals surface area contributed by atoms with E-state index in [0.717, 1.165) is 43.9 Å². The topological polar surface area (TPSA) is 50.4 Å². The molecule has 0 aromatic heterocycles. The van der Waals surface area contributed by atoms with Gasteiger partial charge < -0.3 is 15.4 Å². The van der Waals surface area contributed by atoms with E-state index >= 15 is 0 Å². The summed E-state index contributed by atoms with van der Waals surface area (Å²) in [7, 11) is 1.73. The molecule has 1 atom stereocenters. The fourth-order valence-corrected chi connectivity index (χ4v) is 3.16. The van der Waals surface area contributed by atoms with Crippen molar-refractivity contribution in [3.63, 3.8) is 0 Å². The van der Waals surface area contributed by atoms with Crippen molar-refractivity contribution in [3.05, 3.63) is 24.3 Å². The van der Waals surface area contributed by atoms with Gasteiger partial charge in [0, 0.05) is 30.1 Å². The van der Waals surface area contributed by atoms with E-state index in [0.29, 0.717) is 0 Å². The van der Waals surface area contributed by atoms with E-state index in [1.165, 1.54) is 11.3 Å². The molecule has 1 aliphatic rings. The highest BCUT2D eigenvalue weighted by Gasteiger charge is 2.20. The van der Waals surface area contributed by atoms with E-state index in [1.54, 1.807) is 7.11 Å². The van der Waals surface area contributed by atoms with Gasteiger partial charge in [0.1, 0.15) is 0 Å². The number of piperidine rings is 1. The lowest BCUT2D eigenvalue weighted by molar-refractivity contribution is -0.118. The van der Waals surface area contributed by atoms with Gasteiger partial charge in [-0.1, -0.05) is 6.42 Å². The number of rotatable bonds is 7. The zero-order valence-corrected chi connectivity index (χ0v) is 13.4. The van der Waals surface area contributed by atoms with Crippen LogP contribution in [0, 0.1) is 0 Å². The number of anilines is 1. The molecule has 0 saturated carbocycles. The highest BCUT2D eigenvalue weighted by molar-refractivity contribution is 7.99. The van der Waals surface area contributed by atoms with Gasteiger partial charge >= 0.3 is 0 Å². The quantitative estimate of drug-likeness (QED) is 0.601. The number of benzene rings is 1. The molecule has 0 aliphatic carbocycles. The van der Waals surface area contributed by atoms with E-state index in [4.69, 9.17) is 4.74 Å². The maximum atomic E-state index is 12.1. The van der Waals surface area contributed by atoms with Crippen LogP contribution < -0.4 is 10.6 Å². The minimum Gasteiger partial charge on any atom is -0.385 e. The predicted molar refractivity (Wildman–Crippen MR) is 87.9 cm³/mol. The van der Waals surface area contributed by atoms with E-state index < -0.39 is 0 Å². The Hall–Kier alpha value is -1.04. The monoisotopic (exact) mass is 308 g/mol. The van der Waals surface area contributed by atoms with Crippen LogP contribution in [0.5, 0.6) is 0 Å². The highest BCUT2D eigenvalue weighted by Crippen LogP contribution is 2.21. The Morgan fingerprint density at radius 2 is 2.19 bits per heavy atom. The maximum absolute atomic E-state index is 12.1. The zero-order chi connectivity index (χ0) is 14.9. The number of carbonyl (C=O) groups excluding carboxylic acids is 1. The molecule has 1 fully saturated rings. The molecule has 1 aromatic carbocycles. The van der Waals surface area contributed by atoms with Crippen LogP contribution in [0.4, 0.5) is 5.69 Å². The van der Waals surface area contributed by atoms with E-state index in [2.05, 4.69) is 22.8 Å². The molecule has 0 radical (unpaired) electrons. The van der Waals surface area contributed by atoms with Crippen LogP contribution >= 0.6 is 11.8 Å². The minimum atomic E-state index is -0.0400. The summed E-state index contributed by atoms with van der Waals surface area (Å²) in [6, 6.07) is 8.02. The third-order valence-corrected chi connectivity index (χ3v) is 4.61. The number of ether oxygens (including phenoxy) is 1. The van der Waals surface area contributed by atoms with Gasteiger partial charge in [-0.15, -0.1) is 11.8 Å².